The van der Waals surface area contributed by atoms with Crippen molar-refractivity contribution in [1.29, 1.82) is 0 Å². The van der Waals surface area contributed by atoms with Gasteiger partial charge in [-0.15, -0.1) is 0 Å². The molecule has 0 bridgehead atoms. The number of nitrogens with one attached hydrogen (secondary N) is 4. The highest BCUT2D eigenvalue weighted by atomic mass is 16.8. The van der Waals surface area contributed by atoms with E-state index < -0.39 is 321 Å². The standard InChI is InChI=1S/C56H94N4O42/c1-15(69)57-29-19(73)5-55(53(87)88,99-45(29)34(80)22(76)8-62)101-47-39(85)51(95-41(24(78)10-64)33(79)21(75)7-61)93-28(14-68)43(47)97-50-32(60-18(4)72)44(37(83)26(12-66)92-50)98-52-40(86)48(42(27(13-67)94-52)96-49-31(59-17(3)71)38(84)36(82)25(11-65)91-49)102-56(54(89)90)6-20(74)30(58-16(2)70)46(100-56)35(81)23(77)9-63/h19-52,61-68,73-86H,5-14H2,1-4H3,(H,57,69)(H,58,70)(H,59,71)(H,60,72)(H,87,88)(H,89,90)/t19-,20-,21-,22+,23+,24+,25+,26+,27+,28+,29+,30+,31+,32+,33+,34+,35+,36-,37-,38+,39+,40+,41+,42-,43-,44+,45+,46+,47+,48+,49-,50-,51-,52-,55-,56-/m0/s1. The lowest BCUT2D eigenvalue weighted by molar-refractivity contribution is -0.405. The van der Waals surface area contributed by atoms with Crippen LogP contribution in [0.3, 0.4) is 0 Å². The Morgan fingerprint density at radius 2 is 0.745 bits per heavy atom. The zero-order valence-electron chi connectivity index (χ0n) is 54.8. The minimum atomic E-state index is -3.54. The van der Waals surface area contributed by atoms with Crippen LogP contribution in [-0.2, 0) is 85.6 Å². The van der Waals surface area contributed by atoms with Crippen molar-refractivity contribution < 1.29 is 208 Å². The van der Waals surface area contributed by atoms with Crippen LogP contribution >= 0.6 is 0 Å². The molecule has 102 heavy (non-hydrogen) atoms. The van der Waals surface area contributed by atoms with E-state index in [4.69, 9.17) is 56.8 Å². The number of aliphatic hydroxyl groups excluding tert-OH is 22. The summed E-state index contributed by atoms with van der Waals surface area (Å²) in [6, 6.07) is -7.89. The first-order valence-corrected chi connectivity index (χ1v) is 31.8. The molecule has 6 aliphatic rings. The number of rotatable bonds is 33. The van der Waals surface area contributed by atoms with Crippen molar-refractivity contribution in [3.05, 3.63) is 0 Å². The van der Waals surface area contributed by atoms with E-state index in [9.17, 15) is 151 Å². The largest absolute Gasteiger partial charge is 0.477 e. The molecule has 6 aliphatic heterocycles. The van der Waals surface area contributed by atoms with E-state index in [1.54, 1.807) is 0 Å². The van der Waals surface area contributed by atoms with Gasteiger partial charge in [0, 0.05) is 40.5 Å². The summed E-state index contributed by atoms with van der Waals surface area (Å²) in [6.07, 6.45) is -73.2. The van der Waals surface area contributed by atoms with Crippen LogP contribution in [0.2, 0.25) is 0 Å². The normalized spacial score (nSPS) is 41.4. The summed E-state index contributed by atoms with van der Waals surface area (Å²) in [5, 5.41) is 272. The molecule has 0 aromatic carbocycles. The number of carboxylic acids is 2. The zero-order valence-corrected chi connectivity index (χ0v) is 54.8. The third-order valence-corrected chi connectivity index (χ3v) is 17.7. The van der Waals surface area contributed by atoms with Crippen LogP contribution in [0.25, 0.3) is 0 Å². The lowest BCUT2D eigenvalue weighted by Crippen LogP contribution is -2.73. The van der Waals surface area contributed by atoms with Gasteiger partial charge in [-0.05, 0) is 0 Å². The molecule has 6 saturated heterocycles. The fourth-order valence-corrected chi connectivity index (χ4v) is 12.6. The molecule has 6 heterocycles. The molecular weight excluding hydrogens is 1400 g/mol. The average Bonchev–Trinajstić information content (AvgIpc) is 0.752. The molecule has 0 radical (unpaired) electrons. The van der Waals surface area contributed by atoms with Crippen molar-refractivity contribution in [2.45, 2.75) is 260 Å². The summed E-state index contributed by atoms with van der Waals surface area (Å²) >= 11 is 0. The maximum absolute atomic E-state index is 13.8. The second kappa shape index (κ2) is 37.3. The van der Waals surface area contributed by atoms with Gasteiger partial charge in [-0.3, -0.25) is 19.2 Å². The number of hydrogen-bond acceptors (Lipinski definition) is 40. The summed E-state index contributed by atoms with van der Waals surface area (Å²) in [5.74, 6) is -15.6. The minimum absolute atomic E-state index is 0.813. The predicted octanol–water partition coefficient (Wildman–Crippen LogP) is -17.7. The van der Waals surface area contributed by atoms with Gasteiger partial charge in [0.15, 0.2) is 25.2 Å². The van der Waals surface area contributed by atoms with Gasteiger partial charge in [-0.2, -0.15) is 0 Å². The zero-order chi connectivity index (χ0) is 76.5. The highest BCUT2D eigenvalue weighted by Crippen LogP contribution is 2.43. The average molecular weight is 1500 g/mol. The van der Waals surface area contributed by atoms with Crippen LogP contribution in [0, 0.1) is 0 Å². The Morgan fingerprint density at radius 1 is 0.402 bits per heavy atom. The maximum atomic E-state index is 13.8. The van der Waals surface area contributed by atoms with Gasteiger partial charge in [-0.25, -0.2) is 9.59 Å². The Kier molecular flexibility index (Phi) is 31.6. The summed E-state index contributed by atoms with van der Waals surface area (Å²) in [5.41, 5.74) is 0. The molecule has 0 aromatic heterocycles. The van der Waals surface area contributed by atoms with Crippen molar-refractivity contribution in [3.8, 4) is 0 Å². The number of aliphatic carboxylic acids is 2. The molecule has 28 N–H and O–H groups in total. The van der Waals surface area contributed by atoms with Gasteiger partial charge in [0.2, 0.25) is 23.6 Å². The number of ether oxygens (including phenoxy) is 12. The van der Waals surface area contributed by atoms with Crippen LogP contribution in [-0.4, -0.2) is 431 Å². The second-order valence-corrected chi connectivity index (χ2v) is 25.1. The number of carboxylic acid groups (broad SMARTS) is 2. The molecule has 0 saturated carbocycles. The third kappa shape index (κ3) is 19.4. The summed E-state index contributed by atoms with van der Waals surface area (Å²) in [7, 11) is 0. The van der Waals surface area contributed by atoms with Gasteiger partial charge >= 0.3 is 11.9 Å². The minimum Gasteiger partial charge on any atom is -0.477 e. The van der Waals surface area contributed by atoms with Crippen LogP contribution in [0.5, 0.6) is 0 Å². The van der Waals surface area contributed by atoms with Crippen molar-refractivity contribution in [2.75, 3.05) is 52.9 Å². The molecule has 4 amide bonds. The van der Waals surface area contributed by atoms with Gasteiger partial charge in [0.05, 0.1) is 77.1 Å². The summed E-state index contributed by atoms with van der Waals surface area (Å²) < 4.78 is 71.5. The Morgan fingerprint density at radius 3 is 1.13 bits per heavy atom. The molecule has 0 aliphatic carbocycles. The van der Waals surface area contributed by atoms with Crippen LogP contribution in [0.15, 0.2) is 0 Å². The summed E-state index contributed by atoms with van der Waals surface area (Å²) in [4.78, 5) is 78.4. The topological polar surface area (TPSA) is 747 Å². The summed E-state index contributed by atoms with van der Waals surface area (Å²) in [6.45, 7) is -6.82. The maximum Gasteiger partial charge on any atom is 0.364 e. The van der Waals surface area contributed by atoms with E-state index in [2.05, 4.69) is 21.3 Å². The monoisotopic (exact) mass is 1490 g/mol. The van der Waals surface area contributed by atoms with E-state index >= 15 is 0 Å². The van der Waals surface area contributed by atoms with Crippen LogP contribution in [0.4, 0.5) is 0 Å². The number of carbonyl (C=O) groups is 6. The van der Waals surface area contributed by atoms with Crippen LogP contribution < -0.4 is 21.3 Å². The van der Waals surface area contributed by atoms with E-state index in [1.165, 1.54) is 0 Å². The predicted molar refractivity (Wildman–Crippen MR) is 315 cm³/mol. The lowest BCUT2D eigenvalue weighted by Gasteiger charge is -2.53. The van der Waals surface area contributed by atoms with Gasteiger partial charge in [-0.1, -0.05) is 0 Å². The smallest absolute Gasteiger partial charge is 0.364 e. The third-order valence-electron chi connectivity index (χ3n) is 17.7. The van der Waals surface area contributed by atoms with E-state index in [0.29, 0.717) is 0 Å². The quantitative estimate of drug-likeness (QED) is 0.0290. The number of carbonyl (C=O) groups excluding carboxylic acids is 4. The molecule has 0 spiro atoms. The second-order valence-electron chi connectivity index (χ2n) is 25.1. The number of amides is 4. The van der Waals surface area contributed by atoms with Crippen molar-refractivity contribution in [1.82, 2.24) is 21.3 Å². The Hall–Kier alpha value is -4.54. The molecule has 46 heteroatoms. The van der Waals surface area contributed by atoms with Gasteiger partial charge in [0.25, 0.3) is 11.6 Å². The van der Waals surface area contributed by atoms with E-state index in [-0.39, 0.29) is 0 Å². The first-order chi connectivity index (χ1) is 47.9. The molecular formula is C56H94N4O42. The number of aliphatic hydroxyl groups is 22. The van der Waals surface area contributed by atoms with E-state index in [0.717, 1.165) is 27.7 Å². The van der Waals surface area contributed by atoms with Gasteiger partial charge < -0.3 is 201 Å². The van der Waals surface area contributed by atoms with Crippen molar-refractivity contribution in [3.63, 3.8) is 0 Å². The molecule has 36 atom stereocenters. The highest BCUT2D eigenvalue weighted by molar-refractivity contribution is 5.78. The molecule has 6 fully saturated rings. The van der Waals surface area contributed by atoms with Crippen molar-refractivity contribution >= 4 is 35.6 Å². The lowest BCUT2D eigenvalue weighted by atomic mass is 9.88. The fourth-order valence-electron chi connectivity index (χ4n) is 12.6. The molecule has 6 rings (SSSR count). The Bertz CT molecular complexity index is 2720. The molecule has 0 unspecified atom stereocenters. The van der Waals surface area contributed by atoms with Crippen molar-refractivity contribution in [2.24, 2.45) is 0 Å². The van der Waals surface area contributed by atoms with Crippen LogP contribution in [0.1, 0.15) is 40.5 Å². The number of hydrogen-bond donors (Lipinski definition) is 28. The molecule has 46 nitrogen and oxygen atoms in total. The molecule has 0 aromatic rings. The first-order valence-electron chi connectivity index (χ1n) is 31.8. The first kappa shape index (κ1) is 86.4. The SMILES string of the molecule is CC(=O)N[C@H]1[C@H](O[C@@H]2[C@H](O[C@]3(C(=O)O)C[C@H](O)[C@@H](NC(C)=O)[C@H]([C@H](O)[C@H](O)CO)O3)[C@@H](O)[C@H](O[C@H]3[C@@H](O)[C@@H](CO)O[C@@H](O[C@@H]4[C@H](O[C@]5(C(=O)O)C[C@H](O)[C@@H](NC(C)=O)[C@H]([C@H](O)[C@H](O)CO)O5)[C@@H](O)[C@H](O[C@@H]([C@H](O)[C@@H](O)CO)[C@H](O)CO)O[C@@H]4CO)[C@@H]3NC(C)=O)O[C@@H]2CO)O[C@H](CO)[C@H](O)[C@@H]1O. The van der Waals surface area contributed by atoms with E-state index in [1.807, 2.05) is 0 Å². The van der Waals surface area contributed by atoms with Gasteiger partial charge in [0.1, 0.15) is 159 Å². The fraction of sp³-hybridized carbons (Fsp3) is 0.893. The highest BCUT2D eigenvalue weighted by Gasteiger charge is 2.65. The Labute approximate surface area is 576 Å². The Balaban J connectivity index is 1.52. The molecule has 590 valence electrons.